The van der Waals surface area contributed by atoms with Crippen molar-refractivity contribution in [3.8, 4) is 0 Å². The molecule has 3 N–H and O–H groups in total. The Hall–Kier alpha value is -1.66. The predicted octanol–water partition coefficient (Wildman–Crippen LogP) is 3.84. The molecule has 134 valence electrons. The van der Waals surface area contributed by atoms with Crippen LogP contribution in [0, 0.1) is 5.92 Å². The molecule has 4 nitrogen and oxygen atoms in total. The number of carbonyl (C=O) groups is 1. The molecule has 0 bridgehead atoms. The van der Waals surface area contributed by atoms with Crippen molar-refractivity contribution in [2.45, 2.75) is 20.3 Å². The third-order valence-electron chi connectivity index (χ3n) is 3.74. The van der Waals surface area contributed by atoms with Crippen LogP contribution < -0.4 is 16.0 Å². The molecule has 0 aliphatic heterocycles. The second kappa shape index (κ2) is 9.73. The van der Waals surface area contributed by atoms with Gasteiger partial charge in [0.2, 0.25) is 5.91 Å². The summed E-state index contributed by atoms with van der Waals surface area (Å²) in [6, 6.07) is 12.5. The van der Waals surface area contributed by atoms with Crippen molar-refractivity contribution in [2.75, 3.05) is 23.7 Å². The summed E-state index contributed by atoms with van der Waals surface area (Å²) in [4.78, 5) is 11.4. The van der Waals surface area contributed by atoms with Crippen molar-refractivity contribution >= 4 is 55.6 Å². The normalized spacial score (nSPS) is 10.7. The number of benzene rings is 2. The summed E-state index contributed by atoms with van der Waals surface area (Å²) < 4.78 is 0. The van der Waals surface area contributed by atoms with Crippen LogP contribution in [0.3, 0.4) is 0 Å². The van der Waals surface area contributed by atoms with Crippen LogP contribution in [0.25, 0.3) is 10.8 Å². The van der Waals surface area contributed by atoms with Crippen LogP contribution in [-0.2, 0) is 11.2 Å². The van der Waals surface area contributed by atoms with Gasteiger partial charge in [-0.15, -0.1) is 0 Å². The molecule has 6 heteroatoms. The molecule has 0 aliphatic rings. The maximum Gasteiger partial charge on any atom is 0.230 e. The van der Waals surface area contributed by atoms with Gasteiger partial charge in [0.25, 0.3) is 0 Å². The largest absolute Gasteiger partial charge is 0.362 e. The third-order valence-corrected chi connectivity index (χ3v) is 4.49. The van der Waals surface area contributed by atoms with Gasteiger partial charge in [-0.25, -0.2) is 0 Å². The van der Waals surface area contributed by atoms with Gasteiger partial charge in [-0.05, 0) is 53.0 Å². The van der Waals surface area contributed by atoms with Crippen molar-refractivity contribution in [1.29, 1.82) is 0 Å². The van der Waals surface area contributed by atoms with Crippen LogP contribution >= 0.6 is 28.1 Å². The Labute approximate surface area is 162 Å². The van der Waals surface area contributed by atoms with Gasteiger partial charge in [-0.2, -0.15) is 0 Å². The number of fused-ring (bicyclic) bond motifs is 1. The monoisotopic (exact) mass is 421 g/mol. The van der Waals surface area contributed by atoms with Crippen molar-refractivity contribution in [1.82, 2.24) is 10.6 Å². The van der Waals surface area contributed by atoms with E-state index in [4.69, 9.17) is 12.2 Å². The van der Waals surface area contributed by atoms with E-state index >= 15 is 0 Å². The average Bonchev–Trinajstić information content (AvgIpc) is 2.60. The molecule has 0 unspecified atom stereocenters. The van der Waals surface area contributed by atoms with Crippen LogP contribution in [0.1, 0.15) is 19.4 Å². The first-order valence-electron chi connectivity index (χ1n) is 8.38. The summed E-state index contributed by atoms with van der Waals surface area (Å²) in [5, 5.41) is 12.7. The molecule has 2 aromatic rings. The summed E-state index contributed by atoms with van der Waals surface area (Å²) in [5.74, 6) is 0.543. The van der Waals surface area contributed by atoms with E-state index in [9.17, 15) is 4.79 Å². The Morgan fingerprint density at radius 3 is 2.72 bits per heavy atom. The van der Waals surface area contributed by atoms with Gasteiger partial charge in [-0.1, -0.05) is 54.0 Å². The highest BCUT2D eigenvalue weighted by molar-refractivity contribution is 9.09. The van der Waals surface area contributed by atoms with E-state index in [1.54, 1.807) is 0 Å². The van der Waals surface area contributed by atoms with Gasteiger partial charge in [0, 0.05) is 18.8 Å². The van der Waals surface area contributed by atoms with Crippen molar-refractivity contribution in [3.05, 3.63) is 42.0 Å². The number of halogens is 1. The van der Waals surface area contributed by atoms with Crippen molar-refractivity contribution < 1.29 is 4.79 Å². The molecule has 0 saturated carbocycles. The minimum atomic E-state index is 0.00386. The minimum absolute atomic E-state index is 0.00386. The number of anilines is 1. The lowest BCUT2D eigenvalue weighted by Crippen LogP contribution is -2.31. The molecule has 0 saturated heterocycles. The number of carbonyl (C=O) groups excluding carboxylic acids is 1. The lowest BCUT2D eigenvalue weighted by Gasteiger charge is -2.14. The van der Waals surface area contributed by atoms with Crippen molar-refractivity contribution in [2.24, 2.45) is 5.92 Å². The molecule has 0 radical (unpaired) electrons. The summed E-state index contributed by atoms with van der Waals surface area (Å²) in [6.45, 7) is 5.76. The molecular weight excluding hydrogens is 398 g/mol. The SMILES string of the molecule is CC(C)CNC(=S)Nc1ccc2cccc(CCNC(=O)CBr)c2c1. The molecule has 0 spiro atoms. The molecule has 0 aliphatic carbocycles. The first kappa shape index (κ1) is 19.7. The van der Waals surface area contributed by atoms with Crippen LogP contribution in [0.5, 0.6) is 0 Å². The van der Waals surface area contributed by atoms with E-state index in [-0.39, 0.29) is 5.91 Å². The van der Waals surface area contributed by atoms with Gasteiger partial charge >= 0.3 is 0 Å². The molecule has 2 aromatic carbocycles. The molecule has 0 fully saturated rings. The topological polar surface area (TPSA) is 53.2 Å². The van der Waals surface area contributed by atoms with E-state index in [2.05, 4.69) is 70.0 Å². The van der Waals surface area contributed by atoms with E-state index < -0.39 is 0 Å². The maximum absolute atomic E-state index is 11.4. The highest BCUT2D eigenvalue weighted by atomic mass is 79.9. The smallest absolute Gasteiger partial charge is 0.230 e. The summed E-state index contributed by atoms with van der Waals surface area (Å²) in [5.41, 5.74) is 2.17. The average molecular weight is 422 g/mol. The minimum Gasteiger partial charge on any atom is -0.362 e. The zero-order chi connectivity index (χ0) is 18.2. The molecular formula is C19H24BrN3OS. The molecule has 25 heavy (non-hydrogen) atoms. The number of alkyl halides is 1. The van der Waals surface area contributed by atoms with E-state index in [1.165, 1.54) is 16.3 Å². The molecule has 0 heterocycles. The Morgan fingerprint density at radius 2 is 2.00 bits per heavy atom. The van der Waals surface area contributed by atoms with Crippen LogP contribution in [0.2, 0.25) is 0 Å². The first-order chi connectivity index (χ1) is 12.0. The standard InChI is InChI=1S/C19H24BrN3OS/c1-13(2)12-22-19(25)23-16-7-6-14-4-3-5-15(17(14)10-16)8-9-21-18(24)11-20/h3-7,10,13H,8-9,11-12H2,1-2H3,(H,21,24)(H2,22,23,25). The van der Waals surface area contributed by atoms with E-state index in [0.29, 0.717) is 22.9 Å². The summed E-state index contributed by atoms with van der Waals surface area (Å²) in [7, 11) is 0. The quantitative estimate of drug-likeness (QED) is 0.469. The summed E-state index contributed by atoms with van der Waals surface area (Å²) in [6.07, 6.45) is 0.787. The molecule has 1 amide bonds. The number of rotatable bonds is 7. The second-order valence-electron chi connectivity index (χ2n) is 6.32. The zero-order valence-electron chi connectivity index (χ0n) is 14.6. The lowest BCUT2D eigenvalue weighted by molar-refractivity contribution is -0.118. The van der Waals surface area contributed by atoms with Crippen LogP contribution in [-0.4, -0.2) is 29.4 Å². The first-order valence-corrected chi connectivity index (χ1v) is 9.91. The number of thiocarbonyl (C=S) groups is 1. The van der Waals surface area contributed by atoms with Crippen LogP contribution in [0.15, 0.2) is 36.4 Å². The highest BCUT2D eigenvalue weighted by Crippen LogP contribution is 2.23. The van der Waals surface area contributed by atoms with E-state index in [1.807, 2.05) is 12.1 Å². The Bertz CT molecular complexity index is 749. The fraction of sp³-hybridized carbons (Fsp3) is 0.368. The van der Waals surface area contributed by atoms with Gasteiger partial charge < -0.3 is 16.0 Å². The van der Waals surface area contributed by atoms with Crippen molar-refractivity contribution in [3.63, 3.8) is 0 Å². The number of hydrogen-bond donors (Lipinski definition) is 3. The highest BCUT2D eigenvalue weighted by Gasteiger charge is 2.05. The third kappa shape index (κ3) is 6.29. The van der Waals surface area contributed by atoms with Crippen LogP contribution in [0.4, 0.5) is 5.69 Å². The Kier molecular flexibility index (Phi) is 7.65. The molecule has 0 aromatic heterocycles. The van der Waals surface area contributed by atoms with Gasteiger partial charge in [-0.3, -0.25) is 4.79 Å². The predicted molar refractivity (Wildman–Crippen MR) is 114 cm³/mol. The summed E-state index contributed by atoms with van der Waals surface area (Å²) >= 11 is 8.50. The molecule has 2 rings (SSSR count). The number of hydrogen-bond acceptors (Lipinski definition) is 2. The lowest BCUT2D eigenvalue weighted by atomic mass is 10.0. The Balaban J connectivity index is 2.10. The maximum atomic E-state index is 11.4. The fourth-order valence-electron chi connectivity index (χ4n) is 2.49. The van der Waals surface area contributed by atoms with Gasteiger partial charge in [0.15, 0.2) is 5.11 Å². The number of nitrogens with one attached hydrogen (secondary N) is 3. The molecule has 0 atom stereocenters. The number of amides is 1. The zero-order valence-corrected chi connectivity index (χ0v) is 17.0. The second-order valence-corrected chi connectivity index (χ2v) is 7.28. The van der Waals surface area contributed by atoms with E-state index in [0.717, 1.165) is 18.7 Å². The Morgan fingerprint density at radius 1 is 1.20 bits per heavy atom. The van der Waals surface area contributed by atoms with Gasteiger partial charge in [0.05, 0.1) is 5.33 Å². The van der Waals surface area contributed by atoms with Gasteiger partial charge in [0.1, 0.15) is 0 Å². The fourth-order valence-corrected chi connectivity index (χ4v) is 2.89.